The Kier molecular flexibility index (Phi) is 5.30. The van der Waals surface area contributed by atoms with Crippen LogP contribution in [0.4, 0.5) is 0 Å². The van der Waals surface area contributed by atoms with E-state index in [9.17, 15) is 13.2 Å². The third-order valence-electron chi connectivity index (χ3n) is 3.26. The number of carboxylic acid groups (broad SMARTS) is 1. The zero-order chi connectivity index (χ0) is 15.5. The van der Waals surface area contributed by atoms with Crippen molar-refractivity contribution in [2.75, 3.05) is 0 Å². The van der Waals surface area contributed by atoms with E-state index < -0.39 is 27.3 Å². The third-order valence-corrected chi connectivity index (χ3v) is 5.07. The van der Waals surface area contributed by atoms with Crippen molar-refractivity contribution in [3.05, 3.63) is 35.4 Å². The zero-order valence-corrected chi connectivity index (χ0v) is 12.9. The van der Waals surface area contributed by atoms with E-state index in [-0.39, 0.29) is 0 Å². The van der Waals surface area contributed by atoms with Crippen LogP contribution in [0.15, 0.2) is 24.3 Å². The maximum absolute atomic E-state index is 11.8. The van der Waals surface area contributed by atoms with Crippen molar-refractivity contribution in [1.82, 2.24) is 4.72 Å². The first-order valence-corrected chi connectivity index (χ1v) is 8.03. The van der Waals surface area contributed by atoms with Crippen LogP contribution in [-0.2, 0) is 14.8 Å². The highest BCUT2D eigenvalue weighted by Gasteiger charge is 2.29. The molecule has 2 unspecified atom stereocenters. The molecule has 1 rings (SSSR count). The summed E-state index contributed by atoms with van der Waals surface area (Å²) in [5, 5.41) is 7.31. The van der Waals surface area contributed by atoms with Crippen LogP contribution in [0.5, 0.6) is 0 Å². The van der Waals surface area contributed by atoms with Crippen molar-refractivity contribution >= 4 is 16.0 Å². The lowest BCUT2D eigenvalue weighted by Crippen LogP contribution is -2.38. The summed E-state index contributed by atoms with van der Waals surface area (Å²) in [5.74, 6) is -0.956. The Bertz CT molecular complexity index is 563. The molecule has 0 fully saturated rings. The Balaban J connectivity index is 2.86. The van der Waals surface area contributed by atoms with Gasteiger partial charge in [0.1, 0.15) is 0 Å². The summed E-state index contributed by atoms with van der Waals surface area (Å²) >= 11 is 0. The number of aliphatic carboxylic acids is 1. The molecule has 0 aliphatic heterocycles. The molecular formula is C14H21NO4S. The Morgan fingerprint density at radius 1 is 1.05 bits per heavy atom. The SMILES string of the molecule is CC(C)c1ccc(C(C)NS(=O)(=O)C(C)C(=O)O)cc1. The molecule has 2 N–H and O–H groups in total. The smallest absolute Gasteiger partial charge is 0.323 e. The topological polar surface area (TPSA) is 83.5 Å². The first-order chi connectivity index (χ1) is 9.15. The molecule has 1 aromatic rings. The van der Waals surface area contributed by atoms with Gasteiger partial charge in [0.05, 0.1) is 0 Å². The number of sulfonamides is 1. The second kappa shape index (κ2) is 6.37. The largest absolute Gasteiger partial charge is 0.480 e. The van der Waals surface area contributed by atoms with Gasteiger partial charge in [-0.3, -0.25) is 4.79 Å². The quantitative estimate of drug-likeness (QED) is 0.844. The van der Waals surface area contributed by atoms with Crippen molar-refractivity contribution in [2.24, 2.45) is 0 Å². The summed E-state index contributed by atoms with van der Waals surface area (Å²) in [7, 11) is -3.88. The molecule has 6 heteroatoms. The molecular weight excluding hydrogens is 278 g/mol. The molecule has 20 heavy (non-hydrogen) atoms. The fourth-order valence-electron chi connectivity index (χ4n) is 1.72. The maximum Gasteiger partial charge on any atom is 0.323 e. The van der Waals surface area contributed by atoms with Crippen LogP contribution < -0.4 is 4.72 Å². The molecule has 2 atom stereocenters. The zero-order valence-electron chi connectivity index (χ0n) is 12.1. The average molecular weight is 299 g/mol. The van der Waals surface area contributed by atoms with Gasteiger partial charge in [0.2, 0.25) is 10.0 Å². The highest BCUT2D eigenvalue weighted by atomic mass is 32.2. The van der Waals surface area contributed by atoms with E-state index in [2.05, 4.69) is 18.6 Å². The molecule has 0 aliphatic rings. The van der Waals surface area contributed by atoms with E-state index in [4.69, 9.17) is 5.11 Å². The first kappa shape index (κ1) is 16.7. The lowest BCUT2D eigenvalue weighted by Gasteiger charge is -2.17. The number of benzene rings is 1. The summed E-state index contributed by atoms with van der Waals surface area (Å²) in [4.78, 5) is 10.8. The van der Waals surface area contributed by atoms with Gasteiger partial charge >= 0.3 is 5.97 Å². The molecule has 1 aromatic carbocycles. The maximum atomic E-state index is 11.8. The van der Waals surface area contributed by atoms with E-state index >= 15 is 0 Å². The predicted octanol–water partition coefficient (Wildman–Crippen LogP) is 2.26. The van der Waals surface area contributed by atoms with E-state index in [1.165, 1.54) is 5.56 Å². The standard InChI is InChI=1S/C14H21NO4S/c1-9(2)12-5-7-13(8-6-12)10(3)15-20(18,19)11(4)14(16)17/h5-11,15H,1-4H3,(H,16,17). The van der Waals surface area contributed by atoms with Crippen LogP contribution in [0.25, 0.3) is 0 Å². The first-order valence-electron chi connectivity index (χ1n) is 6.49. The van der Waals surface area contributed by atoms with Crippen molar-refractivity contribution in [1.29, 1.82) is 0 Å². The van der Waals surface area contributed by atoms with Gasteiger partial charge in [-0.1, -0.05) is 38.1 Å². The molecule has 112 valence electrons. The van der Waals surface area contributed by atoms with Crippen molar-refractivity contribution in [3.63, 3.8) is 0 Å². The van der Waals surface area contributed by atoms with E-state index in [1.807, 2.05) is 24.3 Å². The highest BCUT2D eigenvalue weighted by molar-refractivity contribution is 7.90. The normalized spacial score (nSPS) is 15.1. The fourth-order valence-corrected chi connectivity index (χ4v) is 2.82. The average Bonchev–Trinajstić information content (AvgIpc) is 2.37. The van der Waals surface area contributed by atoms with Gasteiger partial charge in [-0.2, -0.15) is 0 Å². The van der Waals surface area contributed by atoms with Crippen molar-refractivity contribution < 1.29 is 18.3 Å². The summed E-state index contributed by atoms with van der Waals surface area (Å²) < 4.78 is 26.1. The Labute approximate surface area is 120 Å². The summed E-state index contributed by atoms with van der Waals surface area (Å²) in [6.07, 6.45) is 0. The van der Waals surface area contributed by atoms with Crippen LogP contribution >= 0.6 is 0 Å². The molecule has 0 radical (unpaired) electrons. The van der Waals surface area contributed by atoms with Crippen LogP contribution in [0, 0.1) is 0 Å². The third kappa shape index (κ3) is 4.05. The molecule has 0 aromatic heterocycles. The lowest BCUT2D eigenvalue weighted by molar-refractivity contribution is -0.136. The minimum atomic E-state index is -3.88. The van der Waals surface area contributed by atoms with Gasteiger partial charge in [0, 0.05) is 6.04 Å². The van der Waals surface area contributed by atoms with Crippen LogP contribution in [-0.4, -0.2) is 24.7 Å². The summed E-state index contributed by atoms with van der Waals surface area (Å²) in [6.45, 7) is 7.00. The van der Waals surface area contributed by atoms with Crippen LogP contribution in [0.1, 0.15) is 50.8 Å². The van der Waals surface area contributed by atoms with Crippen LogP contribution in [0.2, 0.25) is 0 Å². The number of hydrogen-bond acceptors (Lipinski definition) is 3. The minimum Gasteiger partial charge on any atom is -0.480 e. The highest BCUT2D eigenvalue weighted by Crippen LogP contribution is 2.19. The Morgan fingerprint density at radius 3 is 1.90 bits per heavy atom. The molecule has 5 nitrogen and oxygen atoms in total. The number of carboxylic acids is 1. The molecule has 0 heterocycles. The molecule has 0 spiro atoms. The summed E-state index contributed by atoms with van der Waals surface area (Å²) in [6, 6.07) is 7.14. The number of nitrogens with one attached hydrogen (secondary N) is 1. The number of rotatable bonds is 6. The molecule has 0 amide bonds. The monoisotopic (exact) mass is 299 g/mol. The molecule has 0 bridgehead atoms. The van der Waals surface area contributed by atoms with Crippen LogP contribution in [0.3, 0.4) is 0 Å². The minimum absolute atomic E-state index is 0.406. The second-order valence-electron chi connectivity index (χ2n) is 5.19. The van der Waals surface area contributed by atoms with E-state index in [0.29, 0.717) is 5.92 Å². The summed E-state index contributed by atoms with van der Waals surface area (Å²) in [5.41, 5.74) is 1.97. The van der Waals surface area contributed by atoms with Gasteiger partial charge < -0.3 is 5.11 Å². The fraction of sp³-hybridized carbons (Fsp3) is 0.500. The Hall–Kier alpha value is -1.40. The predicted molar refractivity (Wildman–Crippen MR) is 78.1 cm³/mol. The second-order valence-corrected chi connectivity index (χ2v) is 7.22. The molecule has 0 aliphatic carbocycles. The van der Waals surface area contributed by atoms with Gasteiger partial charge in [-0.25, -0.2) is 13.1 Å². The van der Waals surface area contributed by atoms with Gasteiger partial charge in [0.15, 0.2) is 5.25 Å². The van der Waals surface area contributed by atoms with Crippen molar-refractivity contribution in [3.8, 4) is 0 Å². The van der Waals surface area contributed by atoms with Crippen molar-refractivity contribution in [2.45, 2.75) is 44.9 Å². The number of carbonyl (C=O) groups is 1. The van der Waals surface area contributed by atoms with E-state index in [1.54, 1.807) is 6.92 Å². The van der Waals surface area contributed by atoms with Gasteiger partial charge in [-0.15, -0.1) is 0 Å². The van der Waals surface area contributed by atoms with Gasteiger partial charge in [-0.05, 0) is 30.9 Å². The van der Waals surface area contributed by atoms with Gasteiger partial charge in [0.25, 0.3) is 0 Å². The lowest BCUT2D eigenvalue weighted by atomic mass is 10.00. The molecule has 0 saturated carbocycles. The molecule has 0 saturated heterocycles. The Morgan fingerprint density at radius 2 is 1.50 bits per heavy atom. The number of hydrogen-bond donors (Lipinski definition) is 2. The van der Waals surface area contributed by atoms with E-state index in [0.717, 1.165) is 12.5 Å².